The van der Waals surface area contributed by atoms with E-state index in [4.69, 9.17) is 0 Å². The first kappa shape index (κ1) is 38.7. The molecule has 0 aliphatic carbocycles. The molecule has 246 valence electrons. The second kappa shape index (κ2) is 17.2. The summed E-state index contributed by atoms with van der Waals surface area (Å²) < 4.78 is 0. The summed E-state index contributed by atoms with van der Waals surface area (Å²) in [5.41, 5.74) is 10.3. The standard InChI is InChI=1S/3C13H18O2/c3*1-8(2)5-6-11-10(4)12(14)7-9(3)13(11)15/h5,7,14-15H,6H2,1-4H3;2*7,14-15H,1,5-6H2,2-4H3. The van der Waals surface area contributed by atoms with E-state index in [1.165, 1.54) is 5.57 Å². The van der Waals surface area contributed by atoms with Gasteiger partial charge in [-0.05, 0) is 153 Å². The molecule has 6 heteroatoms. The topological polar surface area (TPSA) is 121 Å². The van der Waals surface area contributed by atoms with E-state index in [0.29, 0.717) is 23.7 Å². The maximum Gasteiger partial charge on any atom is 0.122 e. The van der Waals surface area contributed by atoms with Crippen LogP contribution in [0.25, 0.3) is 0 Å². The number of allylic oxidation sites excluding steroid dienone is 4. The monoisotopic (exact) mass is 618 g/mol. The third kappa shape index (κ3) is 11.3. The Morgan fingerprint density at radius 3 is 1.11 bits per heavy atom. The fraction of sp³-hybridized carbons (Fsp3) is 0.385. The minimum absolute atomic E-state index is 0.252. The Kier molecular flexibility index (Phi) is 14.8. The third-order valence-electron chi connectivity index (χ3n) is 7.87. The van der Waals surface area contributed by atoms with E-state index in [0.717, 1.165) is 86.9 Å². The van der Waals surface area contributed by atoms with Crippen molar-refractivity contribution in [3.05, 3.63) is 104 Å². The van der Waals surface area contributed by atoms with Crippen molar-refractivity contribution in [3.63, 3.8) is 0 Å². The van der Waals surface area contributed by atoms with E-state index in [1.54, 1.807) is 39.0 Å². The molecule has 45 heavy (non-hydrogen) atoms. The molecule has 6 nitrogen and oxygen atoms in total. The Bertz CT molecular complexity index is 1400. The van der Waals surface area contributed by atoms with Gasteiger partial charge in [-0.1, -0.05) is 22.8 Å². The van der Waals surface area contributed by atoms with Crippen molar-refractivity contribution in [1.29, 1.82) is 0 Å². The minimum Gasteiger partial charge on any atom is -0.508 e. The molecule has 6 N–H and O–H groups in total. The lowest BCUT2D eigenvalue weighted by molar-refractivity contribution is 0.446. The molecule has 0 aliphatic heterocycles. The number of aryl methyl sites for hydroxylation is 3. The summed E-state index contributed by atoms with van der Waals surface area (Å²) >= 11 is 0. The van der Waals surface area contributed by atoms with Crippen molar-refractivity contribution < 1.29 is 30.6 Å². The van der Waals surface area contributed by atoms with Gasteiger partial charge in [0.15, 0.2) is 0 Å². The van der Waals surface area contributed by atoms with Crippen LogP contribution in [0, 0.1) is 41.5 Å². The van der Waals surface area contributed by atoms with E-state index in [-0.39, 0.29) is 17.2 Å². The quantitative estimate of drug-likeness (QED) is 0.110. The van der Waals surface area contributed by atoms with Gasteiger partial charge < -0.3 is 30.6 Å². The highest BCUT2D eigenvalue weighted by molar-refractivity contribution is 5.53. The summed E-state index contributed by atoms with van der Waals surface area (Å²) in [4.78, 5) is 0. The zero-order valence-corrected chi connectivity index (χ0v) is 28.9. The molecule has 0 amide bonds. The average molecular weight is 619 g/mol. The summed E-state index contributed by atoms with van der Waals surface area (Å²) in [6.07, 6.45) is 5.81. The molecule has 3 aromatic rings. The van der Waals surface area contributed by atoms with Crippen molar-refractivity contribution in [2.75, 3.05) is 0 Å². The van der Waals surface area contributed by atoms with Gasteiger partial charge in [0.05, 0.1) is 0 Å². The molecule has 0 saturated heterocycles. The van der Waals surface area contributed by atoms with E-state index in [9.17, 15) is 30.6 Å². The summed E-state index contributed by atoms with van der Waals surface area (Å²) in [6.45, 7) is 26.5. The zero-order valence-electron chi connectivity index (χ0n) is 28.9. The molecule has 0 heterocycles. The minimum atomic E-state index is 0.252. The maximum absolute atomic E-state index is 9.88. The Morgan fingerprint density at radius 2 is 0.822 bits per heavy atom. The molecular weight excluding hydrogens is 564 g/mol. The number of benzene rings is 3. The molecule has 0 spiro atoms. The van der Waals surface area contributed by atoms with Gasteiger partial charge in [-0.3, -0.25) is 0 Å². The molecule has 0 aliphatic rings. The van der Waals surface area contributed by atoms with Crippen LogP contribution < -0.4 is 0 Å². The normalized spacial score (nSPS) is 10.3. The Labute approximate surface area is 270 Å². The van der Waals surface area contributed by atoms with Crippen molar-refractivity contribution in [3.8, 4) is 34.5 Å². The van der Waals surface area contributed by atoms with Gasteiger partial charge in [-0.25, -0.2) is 0 Å². The lowest BCUT2D eigenvalue weighted by Crippen LogP contribution is -1.94. The molecule has 0 radical (unpaired) electrons. The van der Waals surface area contributed by atoms with Crippen LogP contribution in [0.1, 0.15) is 90.6 Å². The molecule has 0 fully saturated rings. The van der Waals surface area contributed by atoms with Gasteiger partial charge in [-0.2, -0.15) is 0 Å². The predicted octanol–water partition coefficient (Wildman–Crippen LogP) is 9.67. The fourth-order valence-electron chi connectivity index (χ4n) is 4.70. The molecule has 3 rings (SSSR count). The Morgan fingerprint density at radius 1 is 0.533 bits per heavy atom. The summed E-state index contributed by atoms with van der Waals surface area (Å²) in [5.74, 6) is 1.65. The second-order valence-electron chi connectivity index (χ2n) is 12.4. The van der Waals surface area contributed by atoms with Crippen LogP contribution in [-0.4, -0.2) is 30.6 Å². The highest BCUT2D eigenvalue weighted by atomic mass is 16.3. The van der Waals surface area contributed by atoms with Crippen LogP contribution in [0.3, 0.4) is 0 Å². The lowest BCUT2D eigenvalue weighted by Gasteiger charge is -2.12. The van der Waals surface area contributed by atoms with Crippen LogP contribution in [0.4, 0.5) is 0 Å². The molecule has 3 aromatic carbocycles. The van der Waals surface area contributed by atoms with Crippen LogP contribution in [-0.2, 0) is 19.3 Å². The van der Waals surface area contributed by atoms with Crippen LogP contribution in [0.5, 0.6) is 34.5 Å². The van der Waals surface area contributed by atoms with E-state index >= 15 is 0 Å². The number of hydrogen-bond acceptors (Lipinski definition) is 6. The second-order valence-corrected chi connectivity index (χ2v) is 12.4. The van der Waals surface area contributed by atoms with Crippen molar-refractivity contribution >= 4 is 0 Å². The fourth-order valence-corrected chi connectivity index (χ4v) is 4.70. The van der Waals surface area contributed by atoms with Crippen molar-refractivity contribution in [1.82, 2.24) is 0 Å². The number of aromatic hydroxyl groups is 6. The lowest BCUT2D eigenvalue weighted by atomic mass is 9.97. The van der Waals surface area contributed by atoms with E-state index in [1.807, 2.05) is 54.5 Å². The average Bonchev–Trinajstić information content (AvgIpc) is 2.94. The van der Waals surface area contributed by atoms with Gasteiger partial charge in [0.2, 0.25) is 0 Å². The summed E-state index contributed by atoms with van der Waals surface area (Å²) in [6, 6.07) is 4.78. The zero-order chi connectivity index (χ0) is 34.8. The molecule has 0 bridgehead atoms. The smallest absolute Gasteiger partial charge is 0.122 e. The summed E-state index contributed by atoms with van der Waals surface area (Å²) in [5, 5.41) is 58.5. The maximum atomic E-state index is 9.88. The molecule has 0 atom stereocenters. The molecule has 0 saturated carbocycles. The largest absolute Gasteiger partial charge is 0.508 e. The predicted molar refractivity (Wildman–Crippen MR) is 187 cm³/mol. The Balaban J connectivity index is 0.000000337. The first-order chi connectivity index (χ1) is 20.8. The third-order valence-corrected chi connectivity index (χ3v) is 7.87. The van der Waals surface area contributed by atoms with Crippen molar-refractivity contribution in [2.24, 2.45) is 0 Å². The number of phenols is 6. The Hall–Kier alpha value is -4.32. The molecule has 0 unspecified atom stereocenters. The number of phenolic OH excluding ortho intramolecular Hbond substituents is 6. The van der Waals surface area contributed by atoms with Crippen LogP contribution >= 0.6 is 0 Å². The van der Waals surface area contributed by atoms with Gasteiger partial charge >= 0.3 is 0 Å². The van der Waals surface area contributed by atoms with E-state index < -0.39 is 0 Å². The van der Waals surface area contributed by atoms with Gasteiger partial charge in [0, 0.05) is 16.7 Å². The first-order valence-corrected chi connectivity index (χ1v) is 15.2. The molecule has 0 aromatic heterocycles. The highest BCUT2D eigenvalue weighted by Crippen LogP contribution is 2.35. The summed E-state index contributed by atoms with van der Waals surface area (Å²) in [7, 11) is 0. The van der Waals surface area contributed by atoms with E-state index in [2.05, 4.69) is 13.2 Å². The SMILES string of the molecule is C=C(C)CCc1c(C)c(O)cc(C)c1O.C=C(C)CCc1c(C)c(O)cc(C)c1O.CC(C)=CCc1c(C)c(O)cc(C)c1O. The molecular formula is C39H54O6. The van der Waals surface area contributed by atoms with Crippen LogP contribution in [0.15, 0.2) is 54.2 Å². The first-order valence-electron chi connectivity index (χ1n) is 15.2. The number of rotatable bonds is 8. The van der Waals surface area contributed by atoms with Crippen LogP contribution in [0.2, 0.25) is 0 Å². The number of hydrogen-bond donors (Lipinski definition) is 6. The highest BCUT2D eigenvalue weighted by Gasteiger charge is 2.13. The van der Waals surface area contributed by atoms with Gasteiger partial charge in [-0.15, -0.1) is 13.2 Å². The van der Waals surface area contributed by atoms with Gasteiger partial charge in [0.1, 0.15) is 34.5 Å². The van der Waals surface area contributed by atoms with Crippen molar-refractivity contribution in [2.45, 2.75) is 101 Å². The van der Waals surface area contributed by atoms with Gasteiger partial charge in [0.25, 0.3) is 0 Å².